The van der Waals surface area contributed by atoms with Crippen LogP contribution in [0.3, 0.4) is 0 Å². The molecule has 1 saturated heterocycles. The van der Waals surface area contributed by atoms with Crippen LogP contribution in [0, 0.1) is 0 Å². The fourth-order valence-electron chi connectivity index (χ4n) is 2.25. The summed E-state index contributed by atoms with van der Waals surface area (Å²) < 4.78 is 9.53. The van der Waals surface area contributed by atoms with E-state index in [2.05, 4.69) is 15.4 Å². The Morgan fingerprint density at radius 2 is 2.04 bits per heavy atom. The molecule has 1 aliphatic rings. The van der Waals surface area contributed by atoms with Crippen LogP contribution in [0.2, 0.25) is 0 Å². The van der Waals surface area contributed by atoms with Crippen LogP contribution in [-0.4, -0.2) is 51.3 Å². The number of hydrogen-bond acceptors (Lipinski definition) is 5. The summed E-state index contributed by atoms with van der Waals surface area (Å²) in [6.07, 6.45) is 0.290. The number of nitrogens with zero attached hydrogens (tertiary/aromatic N) is 1. The molecule has 1 fully saturated rings. The van der Waals surface area contributed by atoms with Gasteiger partial charge in [0.05, 0.1) is 13.7 Å². The van der Waals surface area contributed by atoms with Gasteiger partial charge in [-0.3, -0.25) is 9.59 Å². The van der Waals surface area contributed by atoms with E-state index in [1.165, 1.54) is 7.11 Å². The van der Waals surface area contributed by atoms with Crippen LogP contribution < -0.4 is 15.5 Å². The van der Waals surface area contributed by atoms with Gasteiger partial charge in [0.2, 0.25) is 5.91 Å². The minimum absolute atomic E-state index is 0.0730. The first-order valence-electron chi connectivity index (χ1n) is 7.70. The van der Waals surface area contributed by atoms with Gasteiger partial charge in [-0.2, -0.15) is 0 Å². The zero-order valence-corrected chi connectivity index (χ0v) is 13.5. The van der Waals surface area contributed by atoms with Gasteiger partial charge in [0.25, 0.3) is 5.91 Å². The monoisotopic (exact) mass is 335 g/mol. The highest BCUT2D eigenvalue weighted by molar-refractivity contribution is 5.95. The number of ether oxygens (including phenoxy) is 2. The van der Waals surface area contributed by atoms with Crippen molar-refractivity contribution in [1.82, 2.24) is 5.32 Å². The first kappa shape index (κ1) is 17.7. The van der Waals surface area contributed by atoms with Crippen LogP contribution >= 0.6 is 0 Å². The molecule has 1 aromatic carbocycles. The van der Waals surface area contributed by atoms with Crippen molar-refractivity contribution in [2.45, 2.75) is 12.8 Å². The third-order valence-electron chi connectivity index (χ3n) is 3.48. The van der Waals surface area contributed by atoms with Crippen molar-refractivity contribution in [1.29, 1.82) is 0 Å². The molecule has 1 aliphatic heterocycles. The lowest BCUT2D eigenvalue weighted by atomic mass is 10.2. The predicted octanol–water partition coefficient (Wildman–Crippen LogP) is 1.12. The number of alkyl carbamates (subject to hydrolysis) is 1. The zero-order valence-electron chi connectivity index (χ0n) is 13.5. The molecule has 0 atom stereocenters. The molecule has 8 heteroatoms. The summed E-state index contributed by atoms with van der Waals surface area (Å²) in [5.74, 6) is -0.215. The van der Waals surface area contributed by atoms with Gasteiger partial charge in [-0.05, 0) is 30.7 Å². The van der Waals surface area contributed by atoms with Gasteiger partial charge in [0.15, 0.2) is 0 Å². The van der Waals surface area contributed by atoms with Crippen LogP contribution in [0.15, 0.2) is 24.3 Å². The Bertz CT molecular complexity index is 588. The van der Waals surface area contributed by atoms with Gasteiger partial charge >= 0.3 is 6.09 Å². The molecule has 0 aliphatic carbocycles. The second kappa shape index (κ2) is 8.88. The fourth-order valence-corrected chi connectivity index (χ4v) is 2.25. The molecule has 0 aromatic heterocycles. The molecular formula is C16H21N3O5. The fraction of sp³-hybridized carbons (Fsp3) is 0.438. The Labute approximate surface area is 140 Å². The highest BCUT2D eigenvalue weighted by atomic mass is 16.5. The maximum absolute atomic E-state index is 11.8. The van der Waals surface area contributed by atoms with Crippen molar-refractivity contribution >= 4 is 29.3 Å². The number of anilines is 2. The van der Waals surface area contributed by atoms with E-state index >= 15 is 0 Å². The van der Waals surface area contributed by atoms with Gasteiger partial charge in [-0.15, -0.1) is 0 Å². The zero-order chi connectivity index (χ0) is 17.4. The largest absolute Gasteiger partial charge is 0.453 e. The number of amides is 3. The maximum Gasteiger partial charge on any atom is 0.406 e. The standard InChI is InChI=1S/C16H21N3O5/c1-23-16(22)17-8-2-3-14(20)18-12-4-6-13(7-5-12)19-9-10-24-11-15(19)21/h4-7H,2-3,8-11H2,1H3,(H,17,22)(H,18,20). The Morgan fingerprint density at radius 3 is 2.71 bits per heavy atom. The molecule has 3 amide bonds. The van der Waals surface area contributed by atoms with Crippen molar-refractivity contribution in [3.05, 3.63) is 24.3 Å². The number of hydrogen-bond donors (Lipinski definition) is 2. The van der Waals surface area contributed by atoms with Crippen molar-refractivity contribution in [3.8, 4) is 0 Å². The molecule has 130 valence electrons. The summed E-state index contributed by atoms with van der Waals surface area (Å²) in [6, 6.07) is 7.08. The number of rotatable bonds is 6. The number of morpholine rings is 1. The van der Waals surface area contributed by atoms with Gasteiger partial charge < -0.3 is 25.0 Å². The molecule has 1 aromatic rings. The molecule has 0 radical (unpaired) electrons. The Morgan fingerprint density at radius 1 is 1.29 bits per heavy atom. The lowest BCUT2D eigenvalue weighted by Crippen LogP contribution is -2.41. The number of benzene rings is 1. The highest BCUT2D eigenvalue weighted by Crippen LogP contribution is 2.19. The van der Waals surface area contributed by atoms with Crippen LogP contribution in [0.4, 0.5) is 16.2 Å². The van der Waals surface area contributed by atoms with E-state index < -0.39 is 6.09 Å². The lowest BCUT2D eigenvalue weighted by molar-refractivity contribution is -0.125. The first-order valence-corrected chi connectivity index (χ1v) is 7.70. The van der Waals surface area contributed by atoms with Crippen molar-refractivity contribution in [2.24, 2.45) is 0 Å². The summed E-state index contributed by atoms with van der Waals surface area (Å²) in [6.45, 7) is 1.51. The average Bonchev–Trinajstić information content (AvgIpc) is 2.60. The van der Waals surface area contributed by atoms with E-state index in [-0.39, 0.29) is 24.8 Å². The number of carbonyl (C=O) groups is 3. The van der Waals surface area contributed by atoms with Gasteiger partial charge in [0, 0.05) is 30.9 Å². The van der Waals surface area contributed by atoms with Gasteiger partial charge in [-0.25, -0.2) is 4.79 Å². The molecular weight excluding hydrogens is 314 g/mol. The number of carbonyl (C=O) groups excluding carboxylic acids is 3. The van der Waals surface area contributed by atoms with Crippen LogP contribution in [0.5, 0.6) is 0 Å². The van der Waals surface area contributed by atoms with E-state index in [0.717, 1.165) is 5.69 Å². The van der Waals surface area contributed by atoms with E-state index in [1.54, 1.807) is 29.2 Å². The topological polar surface area (TPSA) is 97.0 Å². The second-order valence-electron chi connectivity index (χ2n) is 5.21. The van der Waals surface area contributed by atoms with Crippen LogP contribution in [0.1, 0.15) is 12.8 Å². The van der Waals surface area contributed by atoms with Crippen molar-refractivity contribution in [3.63, 3.8) is 0 Å². The summed E-state index contributed by atoms with van der Waals surface area (Å²) in [4.78, 5) is 36.1. The maximum atomic E-state index is 11.8. The van der Waals surface area contributed by atoms with E-state index in [0.29, 0.717) is 31.8 Å². The van der Waals surface area contributed by atoms with E-state index in [4.69, 9.17) is 4.74 Å². The number of nitrogens with one attached hydrogen (secondary N) is 2. The van der Waals surface area contributed by atoms with E-state index in [1.807, 2.05) is 0 Å². The van der Waals surface area contributed by atoms with Gasteiger partial charge in [0.1, 0.15) is 6.61 Å². The van der Waals surface area contributed by atoms with Crippen LogP contribution in [0.25, 0.3) is 0 Å². The summed E-state index contributed by atoms with van der Waals surface area (Å²) >= 11 is 0. The molecule has 0 unspecified atom stereocenters. The second-order valence-corrected chi connectivity index (χ2v) is 5.21. The lowest BCUT2D eigenvalue weighted by Gasteiger charge is -2.26. The van der Waals surface area contributed by atoms with Crippen LogP contribution in [-0.2, 0) is 19.1 Å². The molecule has 1 heterocycles. The van der Waals surface area contributed by atoms with E-state index in [9.17, 15) is 14.4 Å². The Hall–Kier alpha value is -2.61. The van der Waals surface area contributed by atoms with Gasteiger partial charge in [-0.1, -0.05) is 0 Å². The predicted molar refractivity (Wildman–Crippen MR) is 87.9 cm³/mol. The minimum atomic E-state index is -0.511. The summed E-state index contributed by atoms with van der Waals surface area (Å²) in [5, 5.41) is 5.29. The Balaban J connectivity index is 1.77. The molecule has 0 bridgehead atoms. The molecule has 2 rings (SSSR count). The minimum Gasteiger partial charge on any atom is -0.453 e. The molecule has 0 saturated carbocycles. The third kappa shape index (κ3) is 5.24. The molecule has 24 heavy (non-hydrogen) atoms. The number of methoxy groups -OCH3 is 1. The summed E-state index contributed by atoms with van der Waals surface area (Å²) in [5.41, 5.74) is 1.44. The normalized spacial score (nSPS) is 14.2. The first-order chi connectivity index (χ1) is 11.6. The molecule has 2 N–H and O–H groups in total. The van der Waals surface area contributed by atoms with Crippen molar-refractivity contribution in [2.75, 3.05) is 43.6 Å². The smallest absolute Gasteiger partial charge is 0.406 e. The SMILES string of the molecule is COC(=O)NCCCC(=O)Nc1ccc(N2CCOCC2=O)cc1. The highest BCUT2D eigenvalue weighted by Gasteiger charge is 2.19. The molecule has 0 spiro atoms. The quantitative estimate of drug-likeness (QED) is 0.760. The Kier molecular flexibility index (Phi) is 6.56. The third-order valence-corrected chi connectivity index (χ3v) is 3.48. The molecule has 8 nitrogen and oxygen atoms in total. The average molecular weight is 335 g/mol. The summed E-state index contributed by atoms with van der Waals surface area (Å²) in [7, 11) is 1.29. The van der Waals surface area contributed by atoms with Crippen molar-refractivity contribution < 1.29 is 23.9 Å².